The Balaban J connectivity index is 1.14. The summed E-state index contributed by atoms with van der Waals surface area (Å²) in [5.41, 5.74) is 6.52. The molecule has 0 radical (unpaired) electrons. The Morgan fingerprint density at radius 2 is 2.06 bits per heavy atom. The van der Waals surface area contributed by atoms with Crippen LogP contribution in [0.25, 0.3) is 10.9 Å². The van der Waals surface area contributed by atoms with Gasteiger partial charge in [-0.2, -0.15) is 5.10 Å². The molecule has 6 rings (SSSR count). The summed E-state index contributed by atoms with van der Waals surface area (Å²) in [5.74, 6) is 0.924. The smallest absolute Gasteiger partial charge is 0.324 e. The van der Waals surface area contributed by atoms with E-state index >= 15 is 0 Å². The van der Waals surface area contributed by atoms with Gasteiger partial charge in [-0.05, 0) is 48.4 Å². The zero-order valence-corrected chi connectivity index (χ0v) is 19.5. The van der Waals surface area contributed by atoms with Gasteiger partial charge in [0.15, 0.2) is 0 Å². The number of hydrogen-bond acceptors (Lipinski definition) is 5. The molecule has 1 unspecified atom stereocenters. The molecule has 0 saturated carbocycles. The third-order valence-electron chi connectivity index (χ3n) is 6.89. The molecule has 8 nitrogen and oxygen atoms in total. The number of nitrogens with one attached hydrogen (secondary N) is 3. The van der Waals surface area contributed by atoms with E-state index in [1.165, 1.54) is 11.1 Å². The summed E-state index contributed by atoms with van der Waals surface area (Å²) in [7, 11) is 1.83. The molecule has 2 aliphatic heterocycles. The molecule has 3 N–H and O–H groups in total. The molecule has 2 aromatic carbocycles. The first-order chi connectivity index (χ1) is 17.2. The lowest BCUT2D eigenvalue weighted by Gasteiger charge is -2.32. The maximum Gasteiger partial charge on any atom is 0.324 e. The minimum atomic E-state index is 0.0249. The Morgan fingerprint density at radius 3 is 2.89 bits per heavy atom. The van der Waals surface area contributed by atoms with E-state index in [0.29, 0.717) is 13.1 Å². The second-order valence-corrected chi connectivity index (χ2v) is 9.04. The predicted octanol–water partition coefficient (Wildman–Crippen LogP) is 4.93. The van der Waals surface area contributed by atoms with Crippen LogP contribution in [0.1, 0.15) is 12.0 Å². The maximum atomic E-state index is 13.0. The number of hydrogen-bond donors (Lipinski definition) is 3. The lowest BCUT2D eigenvalue weighted by Crippen LogP contribution is -2.44. The van der Waals surface area contributed by atoms with Crippen molar-refractivity contribution >= 4 is 39.8 Å². The standard InChI is InChI=1S/C27H27N7O/c1-33(21-5-3-2-4-6-21)27(35)34-13-10-18(11-14-34)25-16-22-24(9-12-28-26(22)31-25)30-20-7-8-23-19(15-20)17-29-32-23/h2-10,12,15,17,25H,11,13-14,16H2,1H3,(H,29,32)(H2,28,30,31). The monoisotopic (exact) mass is 465 g/mol. The van der Waals surface area contributed by atoms with Crippen LogP contribution in [0.5, 0.6) is 0 Å². The average Bonchev–Trinajstić information content (AvgIpc) is 3.56. The van der Waals surface area contributed by atoms with Crippen LogP contribution in [0.4, 0.5) is 27.7 Å². The van der Waals surface area contributed by atoms with Crippen molar-refractivity contribution in [3.05, 3.63) is 84.2 Å². The Kier molecular flexibility index (Phi) is 5.33. The number of pyridine rings is 1. The second kappa shape index (κ2) is 8.79. The van der Waals surface area contributed by atoms with Crippen molar-refractivity contribution in [2.45, 2.75) is 18.9 Å². The number of nitrogens with zero attached hydrogens (tertiary/aromatic N) is 4. The lowest BCUT2D eigenvalue weighted by atomic mass is 9.97. The number of amides is 2. The van der Waals surface area contributed by atoms with Gasteiger partial charge < -0.3 is 15.5 Å². The molecule has 4 aromatic rings. The number of fused-ring (bicyclic) bond motifs is 2. The molecular weight excluding hydrogens is 438 g/mol. The highest BCUT2D eigenvalue weighted by molar-refractivity contribution is 5.91. The highest BCUT2D eigenvalue weighted by atomic mass is 16.2. The first-order valence-electron chi connectivity index (χ1n) is 11.9. The second-order valence-electron chi connectivity index (χ2n) is 9.04. The van der Waals surface area contributed by atoms with Gasteiger partial charge >= 0.3 is 6.03 Å². The fraction of sp³-hybridized carbons (Fsp3) is 0.222. The summed E-state index contributed by atoms with van der Waals surface area (Å²) in [4.78, 5) is 21.2. The van der Waals surface area contributed by atoms with Crippen molar-refractivity contribution in [1.82, 2.24) is 20.1 Å². The number of para-hydroxylation sites is 1. The van der Waals surface area contributed by atoms with Crippen LogP contribution in [0.15, 0.2) is 78.6 Å². The zero-order chi connectivity index (χ0) is 23.8. The van der Waals surface area contributed by atoms with Crippen molar-refractivity contribution in [2.75, 3.05) is 35.7 Å². The summed E-state index contributed by atoms with van der Waals surface area (Å²) in [6.45, 7) is 1.32. The first kappa shape index (κ1) is 21.2. The normalized spacial score (nSPS) is 17.0. The molecule has 0 aliphatic carbocycles. The van der Waals surface area contributed by atoms with Gasteiger partial charge in [-0.3, -0.25) is 10.00 Å². The maximum absolute atomic E-state index is 13.0. The van der Waals surface area contributed by atoms with Gasteiger partial charge in [-0.15, -0.1) is 0 Å². The topological polar surface area (TPSA) is 89.2 Å². The number of anilines is 4. The number of H-pyrrole nitrogens is 1. The fourth-order valence-corrected chi connectivity index (χ4v) is 4.91. The number of aromatic amines is 1. The van der Waals surface area contributed by atoms with E-state index < -0.39 is 0 Å². The van der Waals surface area contributed by atoms with Gasteiger partial charge in [0.05, 0.1) is 17.8 Å². The molecule has 0 bridgehead atoms. The summed E-state index contributed by atoms with van der Waals surface area (Å²) in [5, 5.41) is 15.3. The zero-order valence-electron chi connectivity index (χ0n) is 19.5. The van der Waals surface area contributed by atoms with Crippen LogP contribution in [-0.2, 0) is 6.42 Å². The number of rotatable bonds is 4. The number of carbonyl (C=O) groups is 1. The Morgan fingerprint density at radius 1 is 1.17 bits per heavy atom. The molecule has 2 aromatic heterocycles. The predicted molar refractivity (Wildman–Crippen MR) is 139 cm³/mol. The van der Waals surface area contributed by atoms with Crippen LogP contribution >= 0.6 is 0 Å². The van der Waals surface area contributed by atoms with Crippen molar-refractivity contribution in [3.8, 4) is 0 Å². The quantitative estimate of drug-likeness (QED) is 0.372. The number of aromatic nitrogens is 3. The summed E-state index contributed by atoms with van der Waals surface area (Å²) in [6.07, 6.45) is 7.57. The number of urea groups is 1. The van der Waals surface area contributed by atoms with Crippen LogP contribution in [0.3, 0.4) is 0 Å². The van der Waals surface area contributed by atoms with E-state index in [-0.39, 0.29) is 12.1 Å². The van der Waals surface area contributed by atoms with Crippen molar-refractivity contribution < 1.29 is 4.79 Å². The van der Waals surface area contributed by atoms with E-state index in [1.54, 1.807) is 4.90 Å². The molecule has 2 amide bonds. The van der Waals surface area contributed by atoms with E-state index in [9.17, 15) is 4.79 Å². The Bertz CT molecular complexity index is 1410. The van der Waals surface area contributed by atoms with E-state index in [2.05, 4.69) is 44.0 Å². The molecular formula is C27H27N7O. The van der Waals surface area contributed by atoms with Crippen LogP contribution < -0.4 is 15.5 Å². The number of carbonyl (C=O) groups excluding carboxylic acids is 1. The van der Waals surface area contributed by atoms with Gasteiger partial charge in [0.25, 0.3) is 0 Å². The highest BCUT2D eigenvalue weighted by Gasteiger charge is 2.30. The third-order valence-corrected chi connectivity index (χ3v) is 6.89. The molecule has 8 heteroatoms. The van der Waals surface area contributed by atoms with Crippen molar-refractivity contribution in [1.29, 1.82) is 0 Å². The Labute approximate surface area is 203 Å². The van der Waals surface area contributed by atoms with Crippen LogP contribution in [-0.4, -0.2) is 52.3 Å². The van der Waals surface area contributed by atoms with Crippen molar-refractivity contribution in [2.24, 2.45) is 0 Å². The van der Waals surface area contributed by atoms with Crippen LogP contribution in [0, 0.1) is 0 Å². The molecule has 1 atom stereocenters. The van der Waals surface area contributed by atoms with Gasteiger partial charge in [-0.25, -0.2) is 9.78 Å². The summed E-state index contributed by atoms with van der Waals surface area (Å²) < 4.78 is 0. The molecule has 35 heavy (non-hydrogen) atoms. The highest BCUT2D eigenvalue weighted by Crippen LogP contribution is 2.35. The van der Waals surface area contributed by atoms with Gasteiger partial charge in [0.1, 0.15) is 5.82 Å². The van der Waals surface area contributed by atoms with E-state index in [1.807, 2.05) is 66.8 Å². The largest absolute Gasteiger partial charge is 0.363 e. The van der Waals surface area contributed by atoms with Gasteiger partial charge in [-0.1, -0.05) is 24.3 Å². The molecule has 0 fully saturated rings. The van der Waals surface area contributed by atoms with Gasteiger partial charge in [0.2, 0.25) is 0 Å². The molecule has 2 aliphatic rings. The van der Waals surface area contributed by atoms with Crippen molar-refractivity contribution in [3.63, 3.8) is 0 Å². The van der Waals surface area contributed by atoms with E-state index in [4.69, 9.17) is 0 Å². The fourth-order valence-electron chi connectivity index (χ4n) is 4.91. The minimum absolute atomic E-state index is 0.0249. The SMILES string of the molecule is CN(C(=O)N1CC=C(C2Cc3c(Nc4ccc5[nH]ncc5c4)ccnc3N2)CC1)c1ccccc1. The molecule has 0 saturated heterocycles. The summed E-state index contributed by atoms with van der Waals surface area (Å²) >= 11 is 0. The van der Waals surface area contributed by atoms with Crippen LogP contribution in [0.2, 0.25) is 0 Å². The lowest BCUT2D eigenvalue weighted by molar-refractivity contribution is 0.209. The number of benzene rings is 2. The average molecular weight is 466 g/mol. The third kappa shape index (κ3) is 4.07. The molecule has 176 valence electrons. The summed E-state index contributed by atoms with van der Waals surface area (Å²) in [6, 6.07) is 18.2. The molecule has 4 heterocycles. The van der Waals surface area contributed by atoms with Gasteiger partial charge in [0, 0.05) is 60.8 Å². The Hall–Kier alpha value is -4.33. The van der Waals surface area contributed by atoms with E-state index in [0.717, 1.165) is 46.6 Å². The first-order valence-corrected chi connectivity index (χ1v) is 11.9. The minimum Gasteiger partial charge on any atom is -0.363 e. The molecule has 0 spiro atoms.